The average Bonchev–Trinajstić information content (AvgIpc) is 2.24. The van der Waals surface area contributed by atoms with Gasteiger partial charge in [-0.15, -0.1) is 0 Å². The molecule has 0 saturated carbocycles. The van der Waals surface area contributed by atoms with Gasteiger partial charge in [-0.3, -0.25) is 0 Å². The lowest BCUT2D eigenvalue weighted by Crippen LogP contribution is -2.30. The minimum atomic E-state index is 0.596. The number of benzene rings is 1. The summed E-state index contributed by atoms with van der Waals surface area (Å²) in [5.41, 5.74) is 1.25. The maximum Gasteiger partial charge on any atom is 0.0409 e. The minimum absolute atomic E-state index is 0.596. The van der Waals surface area contributed by atoms with E-state index in [4.69, 9.17) is 11.6 Å². The van der Waals surface area contributed by atoms with Gasteiger partial charge in [-0.2, -0.15) is 11.8 Å². The fourth-order valence-corrected chi connectivity index (χ4v) is 2.40. The molecule has 0 spiro atoms. The van der Waals surface area contributed by atoms with Gasteiger partial charge in [-0.25, -0.2) is 0 Å². The summed E-state index contributed by atoms with van der Waals surface area (Å²) in [5.74, 6) is 1.16. The summed E-state index contributed by atoms with van der Waals surface area (Å²) in [6, 6.07) is 8.61. The topological polar surface area (TPSA) is 12.0 Å². The molecule has 84 valence electrons. The second kappa shape index (κ2) is 7.15. The predicted octanol–water partition coefficient (Wildman–Crippen LogP) is 3.57. The summed E-state index contributed by atoms with van der Waals surface area (Å²) < 4.78 is 0. The first-order valence-corrected chi connectivity index (χ1v) is 7.00. The van der Waals surface area contributed by atoms with Gasteiger partial charge >= 0.3 is 0 Å². The van der Waals surface area contributed by atoms with E-state index < -0.39 is 0 Å². The Hall–Kier alpha value is -0.180. The highest BCUT2D eigenvalue weighted by atomic mass is 35.5. The molecule has 3 heteroatoms. The maximum absolute atomic E-state index is 5.92. The highest BCUT2D eigenvalue weighted by Gasteiger charge is 2.04. The first-order valence-electron chi connectivity index (χ1n) is 5.23. The number of hydrogen-bond donors (Lipinski definition) is 1. The summed E-state index contributed by atoms with van der Waals surface area (Å²) in [7, 11) is 0. The van der Waals surface area contributed by atoms with Crippen LogP contribution in [0.1, 0.15) is 18.9 Å². The molecule has 1 aromatic carbocycles. The Morgan fingerprint density at radius 1 is 1.47 bits per heavy atom. The lowest BCUT2D eigenvalue weighted by atomic mass is 10.2. The molecular formula is C12H18ClNS. The predicted molar refractivity (Wildman–Crippen MR) is 70.8 cm³/mol. The fourth-order valence-electron chi connectivity index (χ4n) is 1.43. The second-order valence-corrected chi connectivity index (χ2v) is 4.92. The monoisotopic (exact) mass is 243 g/mol. The third kappa shape index (κ3) is 4.92. The van der Waals surface area contributed by atoms with Crippen LogP contribution in [0.5, 0.6) is 0 Å². The third-order valence-electron chi connectivity index (χ3n) is 2.34. The maximum atomic E-state index is 5.92. The molecule has 0 aliphatic rings. The molecule has 0 aliphatic heterocycles. The zero-order valence-corrected chi connectivity index (χ0v) is 10.9. The van der Waals surface area contributed by atoms with Crippen molar-refractivity contribution in [2.75, 3.05) is 12.0 Å². The van der Waals surface area contributed by atoms with Gasteiger partial charge in [-0.05, 0) is 30.4 Å². The number of hydrogen-bond acceptors (Lipinski definition) is 2. The van der Waals surface area contributed by atoms with Gasteiger partial charge in [0.15, 0.2) is 0 Å². The molecule has 0 radical (unpaired) electrons. The van der Waals surface area contributed by atoms with Crippen molar-refractivity contribution in [1.82, 2.24) is 5.32 Å². The minimum Gasteiger partial charge on any atom is -0.309 e. The number of thioether (sulfide) groups is 1. The Kier molecular flexibility index (Phi) is 6.15. The van der Waals surface area contributed by atoms with Crippen molar-refractivity contribution in [2.45, 2.75) is 25.9 Å². The molecule has 1 N–H and O–H groups in total. The van der Waals surface area contributed by atoms with Gasteiger partial charge in [-0.1, -0.05) is 30.7 Å². The van der Waals surface area contributed by atoms with Gasteiger partial charge in [0.2, 0.25) is 0 Å². The largest absolute Gasteiger partial charge is 0.309 e. The van der Waals surface area contributed by atoms with Crippen LogP contribution in [0, 0.1) is 0 Å². The Labute approximate surface area is 102 Å². The number of rotatable bonds is 6. The Bertz CT molecular complexity index is 291. The fraction of sp³-hybridized carbons (Fsp3) is 0.500. The SMILES string of the molecule is CCC(CSC)NCc1cccc(Cl)c1. The first-order chi connectivity index (χ1) is 7.26. The van der Waals surface area contributed by atoms with Gasteiger partial charge in [0.05, 0.1) is 0 Å². The normalized spacial score (nSPS) is 12.7. The van der Waals surface area contributed by atoms with Crippen molar-refractivity contribution < 1.29 is 0 Å². The summed E-state index contributed by atoms with van der Waals surface area (Å²) in [6.07, 6.45) is 3.31. The van der Waals surface area contributed by atoms with Crippen LogP contribution in [0.25, 0.3) is 0 Å². The molecule has 0 aliphatic carbocycles. The van der Waals surface area contributed by atoms with Crippen molar-refractivity contribution >= 4 is 23.4 Å². The molecule has 0 fully saturated rings. The zero-order valence-electron chi connectivity index (χ0n) is 9.29. The van der Waals surface area contributed by atoms with Crippen molar-refractivity contribution in [3.63, 3.8) is 0 Å². The Morgan fingerprint density at radius 3 is 2.87 bits per heavy atom. The number of nitrogens with one attached hydrogen (secondary N) is 1. The Morgan fingerprint density at radius 2 is 2.27 bits per heavy atom. The van der Waals surface area contributed by atoms with E-state index in [1.165, 1.54) is 12.0 Å². The standard InChI is InChI=1S/C12H18ClNS/c1-3-12(9-15-2)14-8-10-5-4-6-11(13)7-10/h4-7,12,14H,3,8-9H2,1-2H3. The molecule has 0 aromatic heterocycles. The van der Waals surface area contributed by atoms with E-state index in [9.17, 15) is 0 Å². The summed E-state index contributed by atoms with van der Waals surface area (Å²) >= 11 is 7.81. The van der Waals surface area contributed by atoms with Crippen LogP contribution in [0.3, 0.4) is 0 Å². The van der Waals surface area contributed by atoms with E-state index in [1.807, 2.05) is 30.0 Å². The van der Waals surface area contributed by atoms with Gasteiger partial charge in [0, 0.05) is 23.4 Å². The van der Waals surface area contributed by atoms with E-state index in [0.717, 1.165) is 17.3 Å². The molecule has 1 nitrogen and oxygen atoms in total. The molecule has 1 rings (SSSR count). The van der Waals surface area contributed by atoms with E-state index in [0.29, 0.717) is 6.04 Å². The highest BCUT2D eigenvalue weighted by Crippen LogP contribution is 2.11. The zero-order chi connectivity index (χ0) is 11.1. The third-order valence-corrected chi connectivity index (χ3v) is 3.32. The van der Waals surface area contributed by atoms with E-state index in [2.05, 4.69) is 24.6 Å². The average molecular weight is 244 g/mol. The van der Waals surface area contributed by atoms with Crippen molar-refractivity contribution in [3.8, 4) is 0 Å². The van der Waals surface area contributed by atoms with E-state index in [1.54, 1.807) is 0 Å². The summed E-state index contributed by atoms with van der Waals surface area (Å²) in [4.78, 5) is 0. The van der Waals surface area contributed by atoms with Crippen LogP contribution in [0.2, 0.25) is 5.02 Å². The van der Waals surface area contributed by atoms with Crippen molar-refractivity contribution in [3.05, 3.63) is 34.9 Å². The van der Waals surface area contributed by atoms with Crippen LogP contribution in [0.4, 0.5) is 0 Å². The van der Waals surface area contributed by atoms with Gasteiger partial charge < -0.3 is 5.32 Å². The summed E-state index contributed by atoms with van der Waals surface area (Å²) in [5, 5.41) is 4.35. The second-order valence-electron chi connectivity index (χ2n) is 3.57. The molecule has 0 saturated heterocycles. The van der Waals surface area contributed by atoms with Crippen LogP contribution in [-0.4, -0.2) is 18.1 Å². The van der Waals surface area contributed by atoms with Crippen LogP contribution in [-0.2, 0) is 6.54 Å². The molecule has 1 atom stereocenters. The quantitative estimate of drug-likeness (QED) is 0.820. The lowest BCUT2D eigenvalue weighted by molar-refractivity contribution is 0.541. The molecule has 0 amide bonds. The molecule has 0 bridgehead atoms. The van der Waals surface area contributed by atoms with Gasteiger partial charge in [0.1, 0.15) is 0 Å². The van der Waals surface area contributed by atoms with Crippen molar-refractivity contribution in [1.29, 1.82) is 0 Å². The van der Waals surface area contributed by atoms with Crippen molar-refractivity contribution in [2.24, 2.45) is 0 Å². The van der Waals surface area contributed by atoms with Crippen LogP contribution in [0.15, 0.2) is 24.3 Å². The van der Waals surface area contributed by atoms with E-state index >= 15 is 0 Å². The first kappa shape index (κ1) is 12.9. The lowest BCUT2D eigenvalue weighted by Gasteiger charge is -2.15. The molecule has 1 aromatic rings. The molecule has 15 heavy (non-hydrogen) atoms. The van der Waals surface area contributed by atoms with Crippen LogP contribution < -0.4 is 5.32 Å². The molecule has 0 heterocycles. The van der Waals surface area contributed by atoms with Gasteiger partial charge in [0.25, 0.3) is 0 Å². The van der Waals surface area contributed by atoms with Crippen LogP contribution >= 0.6 is 23.4 Å². The molecular weight excluding hydrogens is 226 g/mol. The highest BCUT2D eigenvalue weighted by molar-refractivity contribution is 7.98. The number of halogens is 1. The van der Waals surface area contributed by atoms with E-state index in [-0.39, 0.29) is 0 Å². The summed E-state index contributed by atoms with van der Waals surface area (Å²) in [6.45, 7) is 3.12. The smallest absolute Gasteiger partial charge is 0.0409 e. The molecule has 1 unspecified atom stereocenters. The Balaban J connectivity index is 2.41.